The molecule has 0 aromatic carbocycles. The molecule has 0 radical (unpaired) electrons. The molecular weight excluding hydrogens is 554 g/mol. The number of hydrogen-bond donors (Lipinski definition) is 2. The standard InChI is InChI=1S/C37H63NO6/c1-11-35(7,8)33(42)43-25-18-19-36(9)24(20-25)13-14-26-28-16-15-27(37(28,10)30(39)21-29(26)36)22(2)12-17-31(40)38-23(3)32(41)44-34(4,5)6/h22-30,39H,11-21H2,1-10H3,(H,38,40)/t22?,23?,24?,25?,26?,27?,28?,29?,30?,36-,37+/m0/s1. The van der Waals surface area contributed by atoms with E-state index in [4.69, 9.17) is 9.47 Å². The van der Waals surface area contributed by atoms with Crippen molar-refractivity contribution in [2.24, 2.45) is 51.8 Å². The number of esters is 2. The molecule has 0 saturated heterocycles. The fourth-order valence-electron chi connectivity index (χ4n) is 10.0. The molecule has 4 saturated carbocycles. The SMILES string of the molecule is CCC(C)(C)C(=O)OC1CC[C@@]2(C)C(CCC3C2CC(O)[C@]2(C)C(C(C)CCC(=O)NC(C)C(=O)OC(C)(C)C)CCC32)C1. The van der Waals surface area contributed by atoms with Gasteiger partial charge < -0.3 is 19.9 Å². The van der Waals surface area contributed by atoms with Gasteiger partial charge in [0, 0.05) is 6.42 Å². The lowest BCUT2D eigenvalue weighted by Gasteiger charge is -2.62. The minimum atomic E-state index is -0.677. The Labute approximate surface area is 267 Å². The van der Waals surface area contributed by atoms with Gasteiger partial charge in [0.15, 0.2) is 0 Å². The van der Waals surface area contributed by atoms with E-state index >= 15 is 0 Å². The maximum atomic E-state index is 12.8. The first-order valence-electron chi connectivity index (χ1n) is 17.7. The van der Waals surface area contributed by atoms with Crippen LogP contribution >= 0.6 is 0 Å². The predicted octanol–water partition coefficient (Wildman–Crippen LogP) is 7.23. The van der Waals surface area contributed by atoms with Crippen molar-refractivity contribution in [3.8, 4) is 0 Å². The van der Waals surface area contributed by atoms with Crippen LogP contribution in [0.4, 0.5) is 0 Å². The quantitative estimate of drug-likeness (QED) is 0.265. The molecular formula is C37H63NO6. The van der Waals surface area contributed by atoms with E-state index in [2.05, 4.69) is 26.1 Å². The van der Waals surface area contributed by atoms with Crippen molar-refractivity contribution in [1.29, 1.82) is 0 Å². The minimum Gasteiger partial charge on any atom is -0.462 e. The monoisotopic (exact) mass is 617 g/mol. The summed E-state index contributed by atoms with van der Waals surface area (Å²) in [5, 5.41) is 14.8. The molecule has 0 aromatic heterocycles. The topological polar surface area (TPSA) is 102 Å². The van der Waals surface area contributed by atoms with Crippen LogP contribution in [-0.2, 0) is 23.9 Å². The number of carbonyl (C=O) groups excluding carboxylic acids is 3. The van der Waals surface area contributed by atoms with Gasteiger partial charge in [-0.1, -0.05) is 27.7 Å². The van der Waals surface area contributed by atoms with Crippen molar-refractivity contribution in [3.05, 3.63) is 0 Å². The normalized spacial score (nSPS) is 38.4. The fourth-order valence-corrected chi connectivity index (χ4v) is 10.0. The highest BCUT2D eigenvalue weighted by atomic mass is 16.6. The van der Waals surface area contributed by atoms with Crippen molar-refractivity contribution in [2.75, 3.05) is 0 Å². The summed E-state index contributed by atoms with van der Waals surface area (Å²) in [6.07, 6.45) is 10.0. The first kappa shape index (κ1) is 35.2. The highest BCUT2D eigenvalue weighted by Crippen LogP contribution is 2.68. The number of amides is 1. The zero-order valence-corrected chi connectivity index (χ0v) is 29.5. The van der Waals surface area contributed by atoms with Crippen LogP contribution in [0.25, 0.3) is 0 Å². The van der Waals surface area contributed by atoms with Gasteiger partial charge in [0.05, 0.1) is 11.5 Å². The van der Waals surface area contributed by atoms with Crippen LogP contribution in [0, 0.1) is 51.8 Å². The van der Waals surface area contributed by atoms with Crippen molar-refractivity contribution in [2.45, 2.75) is 164 Å². The molecule has 0 spiro atoms. The Morgan fingerprint density at radius 1 is 0.955 bits per heavy atom. The van der Waals surface area contributed by atoms with Crippen molar-refractivity contribution in [1.82, 2.24) is 5.32 Å². The lowest BCUT2D eigenvalue weighted by Crippen LogP contribution is -2.59. The number of aliphatic hydroxyl groups excluding tert-OH is 1. The molecule has 2 N–H and O–H groups in total. The summed E-state index contributed by atoms with van der Waals surface area (Å²) in [6.45, 7) is 20.2. The number of aliphatic hydroxyl groups is 1. The average molecular weight is 618 g/mol. The van der Waals surface area contributed by atoms with Gasteiger partial charge in [-0.2, -0.15) is 0 Å². The molecule has 4 rings (SSSR count). The van der Waals surface area contributed by atoms with E-state index in [9.17, 15) is 19.5 Å². The smallest absolute Gasteiger partial charge is 0.328 e. The second-order valence-electron chi connectivity index (χ2n) is 17.3. The highest BCUT2D eigenvalue weighted by Gasteiger charge is 2.64. The van der Waals surface area contributed by atoms with Gasteiger partial charge in [-0.25, -0.2) is 4.79 Å². The average Bonchev–Trinajstić information content (AvgIpc) is 3.30. The maximum Gasteiger partial charge on any atom is 0.328 e. The van der Waals surface area contributed by atoms with E-state index < -0.39 is 23.0 Å². The summed E-state index contributed by atoms with van der Waals surface area (Å²) in [6, 6.07) is -0.677. The molecule has 9 unspecified atom stereocenters. The minimum absolute atomic E-state index is 0.0164. The molecule has 0 bridgehead atoms. The molecule has 0 aromatic rings. The van der Waals surface area contributed by atoms with Crippen LogP contribution in [0.3, 0.4) is 0 Å². The third-order valence-corrected chi connectivity index (χ3v) is 13.2. The van der Waals surface area contributed by atoms with Crippen molar-refractivity contribution in [3.63, 3.8) is 0 Å². The Morgan fingerprint density at radius 3 is 2.27 bits per heavy atom. The fraction of sp³-hybridized carbons (Fsp3) is 0.919. The summed E-state index contributed by atoms with van der Waals surface area (Å²) in [5.74, 6) is 2.26. The predicted molar refractivity (Wildman–Crippen MR) is 172 cm³/mol. The Hall–Kier alpha value is -1.63. The molecule has 7 heteroatoms. The first-order valence-corrected chi connectivity index (χ1v) is 17.7. The van der Waals surface area contributed by atoms with Gasteiger partial charge >= 0.3 is 11.9 Å². The summed E-state index contributed by atoms with van der Waals surface area (Å²) >= 11 is 0. The van der Waals surface area contributed by atoms with Gasteiger partial charge in [0.25, 0.3) is 0 Å². The third kappa shape index (κ3) is 6.88. The van der Waals surface area contributed by atoms with Gasteiger partial charge in [0.1, 0.15) is 17.7 Å². The molecule has 1 amide bonds. The van der Waals surface area contributed by atoms with E-state index in [1.807, 2.05) is 41.5 Å². The lowest BCUT2D eigenvalue weighted by atomic mass is 9.43. The van der Waals surface area contributed by atoms with E-state index in [0.29, 0.717) is 41.9 Å². The second kappa shape index (κ2) is 12.9. The number of fused-ring (bicyclic) bond motifs is 5. The Bertz CT molecular complexity index is 1060. The highest BCUT2D eigenvalue weighted by molar-refractivity contribution is 5.84. The molecule has 7 nitrogen and oxygen atoms in total. The molecule has 4 fully saturated rings. The van der Waals surface area contributed by atoms with Gasteiger partial charge in [-0.15, -0.1) is 0 Å². The summed E-state index contributed by atoms with van der Waals surface area (Å²) in [7, 11) is 0. The van der Waals surface area contributed by atoms with Crippen molar-refractivity contribution >= 4 is 17.8 Å². The molecule has 4 aliphatic carbocycles. The van der Waals surface area contributed by atoms with E-state index in [0.717, 1.165) is 51.4 Å². The Balaban J connectivity index is 1.36. The number of nitrogens with one attached hydrogen (secondary N) is 1. The van der Waals surface area contributed by atoms with E-state index in [-0.39, 0.29) is 34.9 Å². The van der Waals surface area contributed by atoms with E-state index in [1.54, 1.807) is 6.92 Å². The van der Waals surface area contributed by atoms with Gasteiger partial charge in [-0.05, 0) is 152 Å². The van der Waals surface area contributed by atoms with Crippen LogP contribution in [-0.4, -0.2) is 46.8 Å². The lowest BCUT2D eigenvalue weighted by molar-refractivity contribution is -0.185. The molecule has 0 aliphatic heterocycles. The van der Waals surface area contributed by atoms with E-state index in [1.165, 1.54) is 12.8 Å². The molecule has 44 heavy (non-hydrogen) atoms. The molecule has 0 heterocycles. The largest absolute Gasteiger partial charge is 0.462 e. The Morgan fingerprint density at radius 2 is 1.64 bits per heavy atom. The van der Waals surface area contributed by atoms with Crippen LogP contribution in [0.1, 0.15) is 140 Å². The number of carbonyl (C=O) groups is 3. The molecule has 252 valence electrons. The third-order valence-electron chi connectivity index (χ3n) is 13.2. The van der Waals surface area contributed by atoms with Crippen LogP contribution in [0.5, 0.6) is 0 Å². The number of rotatable bonds is 9. The zero-order valence-electron chi connectivity index (χ0n) is 29.5. The molecule has 4 aliphatic rings. The molecule has 11 atom stereocenters. The van der Waals surface area contributed by atoms with Crippen LogP contribution in [0.2, 0.25) is 0 Å². The summed E-state index contributed by atoms with van der Waals surface area (Å²) < 4.78 is 11.5. The first-order chi connectivity index (χ1) is 20.3. The van der Waals surface area contributed by atoms with Crippen LogP contribution in [0.15, 0.2) is 0 Å². The maximum absolute atomic E-state index is 12.8. The number of ether oxygens (including phenoxy) is 2. The van der Waals surface area contributed by atoms with Gasteiger partial charge in [0.2, 0.25) is 5.91 Å². The summed E-state index contributed by atoms with van der Waals surface area (Å²) in [4.78, 5) is 37.9. The summed E-state index contributed by atoms with van der Waals surface area (Å²) in [5.41, 5.74) is -0.978. The zero-order chi connectivity index (χ0) is 32.8. The number of hydrogen-bond acceptors (Lipinski definition) is 6. The van der Waals surface area contributed by atoms with Gasteiger partial charge in [-0.3, -0.25) is 9.59 Å². The van der Waals surface area contributed by atoms with Crippen molar-refractivity contribution < 1.29 is 29.0 Å². The Kier molecular flexibility index (Phi) is 10.3. The van der Waals surface area contributed by atoms with Crippen LogP contribution < -0.4 is 5.32 Å². The second-order valence-corrected chi connectivity index (χ2v) is 17.3.